The average molecular weight is 411 g/mol. The number of rotatable bonds is 6. The van der Waals surface area contributed by atoms with Gasteiger partial charge in [0.1, 0.15) is 23.6 Å². The van der Waals surface area contributed by atoms with Crippen molar-refractivity contribution in [3.63, 3.8) is 0 Å². The second-order valence-electron chi connectivity index (χ2n) is 8.17. The van der Waals surface area contributed by atoms with E-state index in [1.165, 1.54) is 11.6 Å². The minimum atomic E-state index is -0.647. The van der Waals surface area contributed by atoms with E-state index in [-0.39, 0.29) is 29.2 Å². The van der Waals surface area contributed by atoms with Gasteiger partial charge in [-0.05, 0) is 37.1 Å². The van der Waals surface area contributed by atoms with E-state index in [1.807, 2.05) is 45.0 Å². The Labute approximate surface area is 177 Å². The molecule has 1 heterocycles. The molecule has 30 heavy (non-hydrogen) atoms. The Morgan fingerprint density at radius 1 is 1.07 bits per heavy atom. The van der Waals surface area contributed by atoms with E-state index in [1.54, 1.807) is 23.1 Å². The van der Waals surface area contributed by atoms with Gasteiger partial charge in [-0.15, -0.1) is 0 Å². The molecule has 0 aromatic heterocycles. The van der Waals surface area contributed by atoms with E-state index in [0.29, 0.717) is 13.1 Å². The molecular formula is C24H30N2O4. The summed E-state index contributed by atoms with van der Waals surface area (Å²) >= 11 is 0. The molecule has 1 aliphatic rings. The van der Waals surface area contributed by atoms with Crippen LogP contribution in [0.5, 0.6) is 11.5 Å². The van der Waals surface area contributed by atoms with Crippen LogP contribution in [-0.4, -0.2) is 47.1 Å². The summed E-state index contributed by atoms with van der Waals surface area (Å²) in [6.07, 6.45) is 1.57. The molecule has 1 atom stereocenters. The molecule has 1 saturated heterocycles. The third kappa shape index (κ3) is 5.32. The molecule has 1 fully saturated rings. The number of nitrogens with one attached hydrogen (secondary N) is 1. The molecule has 2 aromatic carbocycles. The van der Waals surface area contributed by atoms with Gasteiger partial charge < -0.3 is 20.1 Å². The lowest BCUT2D eigenvalue weighted by Gasteiger charge is -2.35. The van der Waals surface area contributed by atoms with Crippen molar-refractivity contribution in [2.24, 2.45) is 5.92 Å². The predicted molar refractivity (Wildman–Crippen MR) is 116 cm³/mol. The van der Waals surface area contributed by atoms with Gasteiger partial charge in [-0.1, -0.05) is 43.7 Å². The summed E-state index contributed by atoms with van der Waals surface area (Å²) in [4.78, 5) is 27.5. The SMILES string of the molecule is Cc1ccc(OC2CCN(C(=O)[C@@H](NC(=O)c3ccccc3O)C(C)C)CC2)cc1. The molecule has 1 aliphatic heterocycles. The molecular weight excluding hydrogens is 380 g/mol. The number of likely N-dealkylation sites (tertiary alicyclic amines) is 1. The smallest absolute Gasteiger partial charge is 0.255 e. The summed E-state index contributed by atoms with van der Waals surface area (Å²) < 4.78 is 6.05. The summed E-state index contributed by atoms with van der Waals surface area (Å²) in [7, 11) is 0. The lowest BCUT2D eigenvalue weighted by molar-refractivity contribution is -0.136. The molecule has 0 saturated carbocycles. The molecule has 0 spiro atoms. The first-order chi connectivity index (χ1) is 14.3. The summed E-state index contributed by atoms with van der Waals surface area (Å²) in [5.74, 6) is 0.133. The first-order valence-electron chi connectivity index (χ1n) is 10.5. The van der Waals surface area contributed by atoms with Crippen LogP contribution in [0, 0.1) is 12.8 Å². The van der Waals surface area contributed by atoms with Crippen LogP contribution in [0.2, 0.25) is 0 Å². The Kier molecular flexibility index (Phi) is 6.98. The quantitative estimate of drug-likeness (QED) is 0.764. The highest BCUT2D eigenvalue weighted by Crippen LogP contribution is 2.21. The zero-order valence-electron chi connectivity index (χ0n) is 17.8. The topological polar surface area (TPSA) is 78.9 Å². The van der Waals surface area contributed by atoms with Gasteiger partial charge in [0.2, 0.25) is 5.91 Å². The van der Waals surface area contributed by atoms with E-state index in [0.717, 1.165) is 18.6 Å². The van der Waals surface area contributed by atoms with Crippen LogP contribution in [0.1, 0.15) is 42.6 Å². The molecule has 6 heteroatoms. The van der Waals surface area contributed by atoms with Crippen LogP contribution < -0.4 is 10.1 Å². The van der Waals surface area contributed by atoms with Crippen molar-refractivity contribution in [2.45, 2.75) is 45.8 Å². The van der Waals surface area contributed by atoms with E-state index in [9.17, 15) is 14.7 Å². The van der Waals surface area contributed by atoms with Crippen LogP contribution in [-0.2, 0) is 4.79 Å². The second-order valence-corrected chi connectivity index (χ2v) is 8.17. The molecule has 160 valence electrons. The van der Waals surface area contributed by atoms with E-state index in [4.69, 9.17) is 4.74 Å². The minimum Gasteiger partial charge on any atom is -0.507 e. The monoisotopic (exact) mass is 410 g/mol. The molecule has 0 unspecified atom stereocenters. The number of piperidine rings is 1. The Morgan fingerprint density at radius 2 is 1.70 bits per heavy atom. The predicted octanol–water partition coefficient (Wildman–Crippen LogP) is 3.53. The third-order valence-electron chi connectivity index (χ3n) is 5.45. The maximum absolute atomic E-state index is 13.1. The van der Waals surface area contributed by atoms with Crippen LogP contribution in [0.15, 0.2) is 48.5 Å². The summed E-state index contributed by atoms with van der Waals surface area (Å²) in [6.45, 7) is 7.02. The zero-order valence-corrected chi connectivity index (χ0v) is 17.8. The first kappa shape index (κ1) is 21.7. The number of nitrogens with zero attached hydrogens (tertiary/aromatic N) is 1. The molecule has 2 N–H and O–H groups in total. The Balaban J connectivity index is 1.58. The highest BCUT2D eigenvalue weighted by atomic mass is 16.5. The Hall–Kier alpha value is -3.02. The van der Waals surface area contributed by atoms with Crippen molar-refractivity contribution < 1.29 is 19.4 Å². The number of para-hydroxylation sites is 1. The number of aromatic hydroxyl groups is 1. The van der Waals surface area contributed by atoms with Gasteiger partial charge in [0.05, 0.1) is 5.56 Å². The van der Waals surface area contributed by atoms with Crippen LogP contribution in [0.25, 0.3) is 0 Å². The highest BCUT2D eigenvalue weighted by Gasteiger charge is 2.32. The fourth-order valence-corrected chi connectivity index (χ4v) is 3.60. The maximum Gasteiger partial charge on any atom is 0.255 e. The molecule has 6 nitrogen and oxygen atoms in total. The fraction of sp³-hybridized carbons (Fsp3) is 0.417. The number of amides is 2. The second kappa shape index (κ2) is 9.65. The minimum absolute atomic E-state index is 0.0742. The number of hydrogen-bond acceptors (Lipinski definition) is 4. The molecule has 0 bridgehead atoms. The number of carbonyl (C=O) groups excluding carboxylic acids is 2. The molecule has 2 amide bonds. The Bertz CT molecular complexity index is 871. The van der Waals surface area contributed by atoms with Crippen LogP contribution in [0.3, 0.4) is 0 Å². The molecule has 2 aromatic rings. The Morgan fingerprint density at radius 3 is 2.30 bits per heavy atom. The standard InChI is InChI=1S/C24H30N2O4/c1-16(2)22(25-23(28)20-6-4-5-7-21(20)27)24(29)26-14-12-19(13-15-26)30-18-10-8-17(3)9-11-18/h4-11,16,19,22,27H,12-15H2,1-3H3,(H,25,28)/t22-/m0/s1. The summed E-state index contributed by atoms with van der Waals surface area (Å²) in [6, 6.07) is 13.7. The third-order valence-corrected chi connectivity index (χ3v) is 5.45. The van der Waals surface area contributed by atoms with E-state index >= 15 is 0 Å². The maximum atomic E-state index is 13.1. The summed E-state index contributed by atoms with van der Waals surface area (Å²) in [5.41, 5.74) is 1.36. The van der Waals surface area contributed by atoms with Crippen molar-refractivity contribution in [3.8, 4) is 11.5 Å². The van der Waals surface area contributed by atoms with Gasteiger partial charge in [-0.25, -0.2) is 0 Å². The van der Waals surface area contributed by atoms with Crippen molar-refractivity contribution >= 4 is 11.8 Å². The van der Waals surface area contributed by atoms with Crippen LogP contribution in [0.4, 0.5) is 0 Å². The molecule has 3 rings (SSSR count). The van der Waals surface area contributed by atoms with Gasteiger partial charge in [-0.2, -0.15) is 0 Å². The fourth-order valence-electron chi connectivity index (χ4n) is 3.60. The van der Waals surface area contributed by atoms with Gasteiger partial charge in [0, 0.05) is 25.9 Å². The van der Waals surface area contributed by atoms with Crippen molar-refractivity contribution in [3.05, 3.63) is 59.7 Å². The number of benzene rings is 2. The summed E-state index contributed by atoms with van der Waals surface area (Å²) in [5, 5.41) is 12.7. The lowest BCUT2D eigenvalue weighted by atomic mass is 9.99. The zero-order chi connectivity index (χ0) is 21.7. The van der Waals surface area contributed by atoms with Gasteiger partial charge in [-0.3, -0.25) is 9.59 Å². The molecule has 0 aliphatic carbocycles. The van der Waals surface area contributed by atoms with E-state index < -0.39 is 11.9 Å². The first-order valence-corrected chi connectivity index (χ1v) is 10.5. The molecule has 0 radical (unpaired) electrons. The largest absolute Gasteiger partial charge is 0.507 e. The number of hydrogen-bond donors (Lipinski definition) is 2. The van der Waals surface area contributed by atoms with E-state index in [2.05, 4.69) is 5.32 Å². The number of aryl methyl sites for hydroxylation is 1. The number of phenols is 1. The lowest BCUT2D eigenvalue weighted by Crippen LogP contribution is -2.53. The van der Waals surface area contributed by atoms with Gasteiger partial charge in [0.25, 0.3) is 5.91 Å². The van der Waals surface area contributed by atoms with Crippen molar-refractivity contribution in [1.82, 2.24) is 10.2 Å². The number of ether oxygens (including phenoxy) is 1. The number of carbonyl (C=O) groups is 2. The number of phenolic OH excluding ortho intramolecular Hbond substituents is 1. The van der Waals surface area contributed by atoms with Gasteiger partial charge in [0.15, 0.2) is 0 Å². The van der Waals surface area contributed by atoms with Crippen molar-refractivity contribution in [2.75, 3.05) is 13.1 Å². The van der Waals surface area contributed by atoms with Crippen LogP contribution >= 0.6 is 0 Å². The van der Waals surface area contributed by atoms with Gasteiger partial charge >= 0.3 is 0 Å². The normalized spacial score (nSPS) is 15.7. The average Bonchev–Trinajstić information content (AvgIpc) is 2.73. The highest BCUT2D eigenvalue weighted by molar-refractivity contribution is 5.99. The van der Waals surface area contributed by atoms with Crippen molar-refractivity contribution in [1.29, 1.82) is 0 Å².